The SMILES string of the molecule is C[C@@H](c1cc(Oc2c(Cl)cc(-n3nc(C#N)c(=O)[nH]c3=O)cc2Cl)n[nH]c1=O)C1CCCCC1. The highest BCUT2D eigenvalue weighted by Crippen LogP contribution is 2.39. The number of aromatic amines is 2. The van der Waals surface area contributed by atoms with Crippen LogP contribution in [0.15, 0.2) is 32.6 Å². The van der Waals surface area contributed by atoms with E-state index < -0.39 is 16.9 Å². The molecule has 1 fully saturated rings. The van der Waals surface area contributed by atoms with Crippen LogP contribution in [0, 0.1) is 17.2 Å². The van der Waals surface area contributed by atoms with Gasteiger partial charge in [0.05, 0.1) is 15.7 Å². The molecule has 0 spiro atoms. The third-order valence-corrected chi connectivity index (χ3v) is 6.59. The second kappa shape index (κ2) is 9.83. The average Bonchev–Trinajstić information content (AvgIpc) is 2.82. The van der Waals surface area contributed by atoms with Crippen molar-refractivity contribution in [2.75, 3.05) is 0 Å². The molecule has 0 unspecified atom stereocenters. The number of rotatable bonds is 5. The zero-order valence-electron chi connectivity index (χ0n) is 18.1. The van der Waals surface area contributed by atoms with E-state index in [1.54, 1.807) is 12.1 Å². The maximum absolute atomic E-state index is 12.4. The lowest BCUT2D eigenvalue weighted by atomic mass is 9.78. The van der Waals surface area contributed by atoms with Crippen molar-refractivity contribution in [2.45, 2.75) is 44.9 Å². The van der Waals surface area contributed by atoms with E-state index in [2.05, 4.69) is 15.3 Å². The number of benzene rings is 1. The van der Waals surface area contributed by atoms with Crippen LogP contribution in [-0.2, 0) is 0 Å². The van der Waals surface area contributed by atoms with E-state index in [1.807, 2.05) is 11.9 Å². The third kappa shape index (κ3) is 4.76. The summed E-state index contributed by atoms with van der Waals surface area (Å²) in [6.07, 6.45) is 5.67. The average molecular weight is 503 g/mol. The molecule has 1 saturated carbocycles. The molecule has 2 N–H and O–H groups in total. The molecule has 0 amide bonds. The fourth-order valence-corrected chi connectivity index (χ4v) is 4.75. The van der Waals surface area contributed by atoms with Crippen LogP contribution in [0.1, 0.15) is 56.2 Å². The minimum atomic E-state index is -0.900. The molecule has 1 aromatic carbocycles. The summed E-state index contributed by atoms with van der Waals surface area (Å²) in [5.41, 5.74) is -1.84. The number of nitrogens with one attached hydrogen (secondary N) is 2. The zero-order chi connectivity index (χ0) is 24.4. The summed E-state index contributed by atoms with van der Waals surface area (Å²) < 4.78 is 6.59. The fourth-order valence-electron chi connectivity index (χ4n) is 4.20. The lowest BCUT2D eigenvalue weighted by Gasteiger charge is -2.27. The van der Waals surface area contributed by atoms with Crippen LogP contribution in [0.4, 0.5) is 0 Å². The summed E-state index contributed by atoms with van der Waals surface area (Å²) >= 11 is 12.7. The minimum Gasteiger partial charge on any atom is -0.434 e. The van der Waals surface area contributed by atoms with Gasteiger partial charge in [-0.3, -0.25) is 14.6 Å². The Bertz CT molecular complexity index is 1430. The van der Waals surface area contributed by atoms with Gasteiger partial charge in [0.2, 0.25) is 11.6 Å². The molecule has 176 valence electrons. The number of hydrogen-bond acceptors (Lipinski definition) is 7. The summed E-state index contributed by atoms with van der Waals surface area (Å²) in [6.45, 7) is 2.03. The summed E-state index contributed by atoms with van der Waals surface area (Å²) in [4.78, 5) is 38.2. The lowest BCUT2D eigenvalue weighted by molar-refractivity contribution is 0.314. The molecule has 3 aromatic rings. The van der Waals surface area contributed by atoms with E-state index in [-0.39, 0.29) is 38.8 Å². The van der Waals surface area contributed by atoms with Crippen LogP contribution in [-0.4, -0.2) is 25.0 Å². The van der Waals surface area contributed by atoms with Crippen molar-refractivity contribution in [3.8, 4) is 23.4 Å². The Balaban J connectivity index is 1.66. The molecule has 2 aromatic heterocycles. The largest absolute Gasteiger partial charge is 0.434 e. The molecule has 0 aliphatic heterocycles. The van der Waals surface area contributed by atoms with Gasteiger partial charge in [0, 0.05) is 11.6 Å². The Morgan fingerprint density at radius 2 is 1.79 bits per heavy atom. The van der Waals surface area contributed by atoms with Gasteiger partial charge in [-0.15, -0.1) is 10.2 Å². The van der Waals surface area contributed by atoms with Crippen molar-refractivity contribution in [2.24, 2.45) is 5.92 Å². The first-order valence-electron chi connectivity index (χ1n) is 10.7. The lowest BCUT2D eigenvalue weighted by Crippen LogP contribution is -2.33. The zero-order valence-corrected chi connectivity index (χ0v) is 19.6. The normalized spacial score (nSPS) is 15.0. The molecule has 4 rings (SSSR count). The van der Waals surface area contributed by atoms with Gasteiger partial charge in [0.15, 0.2) is 5.75 Å². The molecular weight excluding hydrogens is 483 g/mol. The van der Waals surface area contributed by atoms with Crippen LogP contribution in [0.2, 0.25) is 10.0 Å². The van der Waals surface area contributed by atoms with E-state index in [9.17, 15) is 14.4 Å². The van der Waals surface area contributed by atoms with Crippen molar-refractivity contribution in [3.63, 3.8) is 0 Å². The van der Waals surface area contributed by atoms with Gasteiger partial charge in [-0.2, -0.15) is 9.94 Å². The summed E-state index contributed by atoms with van der Waals surface area (Å²) in [5, 5.41) is 19.2. The Kier molecular flexibility index (Phi) is 6.86. The minimum absolute atomic E-state index is 0.0239. The van der Waals surface area contributed by atoms with E-state index in [4.69, 9.17) is 33.2 Å². The number of nitriles is 1. The molecule has 34 heavy (non-hydrogen) atoms. The number of ether oxygens (including phenoxy) is 1. The summed E-state index contributed by atoms with van der Waals surface area (Å²) in [7, 11) is 0. The molecule has 0 bridgehead atoms. The van der Waals surface area contributed by atoms with Crippen LogP contribution in [0.5, 0.6) is 11.6 Å². The molecule has 0 saturated heterocycles. The predicted octanol–water partition coefficient (Wildman–Crippen LogP) is 3.66. The highest BCUT2D eigenvalue weighted by molar-refractivity contribution is 6.37. The van der Waals surface area contributed by atoms with Gasteiger partial charge >= 0.3 is 5.69 Å². The van der Waals surface area contributed by atoms with Crippen molar-refractivity contribution in [1.29, 1.82) is 5.26 Å². The van der Waals surface area contributed by atoms with Gasteiger partial charge in [-0.05, 0) is 36.8 Å². The molecule has 1 aliphatic carbocycles. The van der Waals surface area contributed by atoms with E-state index in [0.717, 1.165) is 30.4 Å². The fraction of sp³-hybridized carbons (Fsp3) is 0.364. The molecular formula is C22H20Cl2N6O4. The number of H-pyrrole nitrogens is 2. The van der Waals surface area contributed by atoms with Gasteiger partial charge in [-0.1, -0.05) is 49.4 Å². The van der Waals surface area contributed by atoms with Crippen molar-refractivity contribution in [1.82, 2.24) is 25.0 Å². The van der Waals surface area contributed by atoms with Gasteiger partial charge < -0.3 is 4.74 Å². The molecule has 12 heteroatoms. The Labute approximate surface area is 203 Å². The quantitative estimate of drug-likeness (QED) is 0.540. The highest BCUT2D eigenvalue weighted by Gasteiger charge is 2.24. The third-order valence-electron chi connectivity index (χ3n) is 6.02. The maximum atomic E-state index is 12.4. The van der Waals surface area contributed by atoms with Gasteiger partial charge in [-0.25, -0.2) is 9.89 Å². The second-order valence-electron chi connectivity index (χ2n) is 8.15. The Hall–Kier alpha value is -3.42. The standard InChI is InChI=1S/C22H20Cl2N6O4/c1-11(12-5-3-2-4-6-12)14-9-18(27-28-20(14)31)34-19-15(23)7-13(8-16(19)24)30-22(33)26-21(32)17(10-25)29-30/h7-9,11-12H,2-6H2,1H3,(H,28,31)(H,26,32,33)/t11-/m1/s1. The second-order valence-corrected chi connectivity index (χ2v) is 8.96. The monoisotopic (exact) mass is 502 g/mol. The van der Waals surface area contributed by atoms with Crippen LogP contribution in [0.3, 0.4) is 0 Å². The summed E-state index contributed by atoms with van der Waals surface area (Å²) in [6, 6.07) is 5.88. The number of aromatic nitrogens is 5. The maximum Gasteiger partial charge on any atom is 0.349 e. The first kappa shape index (κ1) is 23.7. The van der Waals surface area contributed by atoms with Gasteiger partial charge in [0.1, 0.15) is 6.07 Å². The molecule has 2 heterocycles. The van der Waals surface area contributed by atoms with E-state index in [0.29, 0.717) is 11.5 Å². The van der Waals surface area contributed by atoms with Crippen LogP contribution >= 0.6 is 23.2 Å². The molecule has 1 atom stereocenters. The van der Waals surface area contributed by atoms with E-state index >= 15 is 0 Å². The van der Waals surface area contributed by atoms with Crippen molar-refractivity contribution in [3.05, 3.63) is 70.7 Å². The first-order valence-corrected chi connectivity index (χ1v) is 11.4. The number of hydrogen-bond donors (Lipinski definition) is 2. The Morgan fingerprint density at radius 1 is 1.12 bits per heavy atom. The van der Waals surface area contributed by atoms with Crippen molar-refractivity contribution < 1.29 is 4.74 Å². The van der Waals surface area contributed by atoms with Crippen molar-refractivity contribution >= 4 is 23.2 Å². The molecule has 0 radical (unpaired) electrons. The Morgan fingerprint density at radius 3 is 2.44 bits per heavy atom. The molecule has 1 aliphatic rings. The first-order chi connectivity index (χ1) is 16.3. The van der Waals surface area contributed by atoms with Crippen LogP contribution < -0.4 is 21.5 Å². The van der Waals surface area contributed by atoms with Crippen LogP contribution in [0.25, 0.3) is 5.69 Å². The predicted molar refractivity (Wildman–Crippen MR) is 125 cm³/mol. The number of nitrogens with zero attached hydrogens (tertiary/aromatic N) is 4. The summed E-state index contributed by atoms with van der Waals surface area (Å²) in [5.74, 6) is 0.619. The smallest absolute Gasteiger partial charge is 0.349 e. The van der Waals surface area contributed by atoms with Gasteiger partial charge in [0.25, 0.3) is 11.1 Å². The number of halogens is 2. The molecule has 10 nitrogen and oxygen atoms in total. The van der Waals surface area contributed by atoms with E-state index in [1.165, 1.54) is 18.6 Å². The topological polar surface area (TPSA) is 147 Å². The highest BCUT2D eigenvalue weighted by atomic mass is 35.5.